The van der Waals surface area contributed by atoms with E-state index in [2.05, 4.69) is 55.4 Å². The SMILES string of the molecule is Cc1nc(CCCN(CCCc2ccc(Oc3nc4ccccc4s3)cc2)C2CC2)n[nH]1. The van der Waals surface area contributed by atoms with Crippen molar-refractivity contribution in [1.29, 1.82) is 0 Å². The average molecular weight is 448 g/mol. The minimum absolute atomic E-state index is 0.694. The number of aromatic amines is 1. The first-order valence-electron chi connectivity index (χ1n) is 11.5. The van der Waals surface area contributed by atoms with Crippen molar-refractivity contribution in [2.45, 2.75) is 51.5 Å². The molecule has 2 heterocycles. The largest absolute Gasteiger partial charge is 0.431 e. The highest BCUT2D eigenvalue weighted by Gasteiger charge is 2.28. The quantitative estimate of drug-likeness (QED) is 0.327. The first kappa shape index (κ1) is 21.1. The van der Waals surface area contributed by atoms with Crippen LogP contribution in [-0.2, 0) is 12.8 Å². The van der Waals surface area contributed by atoms with E-state index < -0.39 is 0 Å². The number of fused-ring (bicyclic) bond motifs is 1. The molecule has 0 amide bonds. The van der Waals surface area contributed by atoms with E-state index >= 15 is 0 Å². The summed E-state index contributed by atoms with van der Waals surface area (Å²) in [5, 5.41) is 7.88. The third kappa shape index (κ3) is 5.53. The summed E-state index contributed by atoms with van der Waals surface area (Å²) in [5.74, 6) is 2.68. The zero-order valence-electron chi connectivity index (χ0n) is 18.5. The Morgan fingerprint density at radius 2 is 1.78 bits per heavy atom. The van der Waals surface area contributed by atoms with Crippen LogP contribution in [0.3, 0.4) is 0 Å². The third-order valence-electron chi connectivity index (χ3n) is 5.87. The van der Waals surface area contributed by atoms with Gasteiger partial charge in [0.05, 0.1) is 10.2 Å². The molecule has 2 aromatic carbocycles. The third-order valence-corrected chi connectivity index (χ3v) is 6.78. The number of nitrogens with zero attached hydrogens (tertiary/aromatic N) is 4. The van der Waals surface area contributed by atoms with E-state index in [0.29, 0.717) is 5.19 Å². The van der Waals surface area contributed by atoms with E-state index in [0.717, 1.165) is 66.0 Å². The monoisotopic (exact) mass is 447 g/mol. The molecule has 1 aliphatic carbocycles. The molecule has 0 spiro atoms. The maximum absolute atomic E-state index is 5.97. The second kappa shape index (κ2) is 9.79. The number of aryl methyl sites for hydroxylation is 3. The minimum Gasteiger partial charge on any atom is -0.431 e. The second-order valence-electron chi connectivity index (χ2n) is 8.50. The second-order valence-corrected chi connectivity index (χ2v) is 9.50. The van der Waals surface area contributed by atoms with Crippen LogP contribution >= 0.6 is 11.3 Å². The number of ether oxygens (including phenoxy) is 1. The molecule has 2 aromatic heterocycles. The van der Waals surface area contributed by atoms with Gasteiger partial charge in [-0.05, 0) is 81.9 Å². The van der Waals surface area contributed by atoms with Crippen molar-refractivity contribution in [1.82, 2.24) is 25.1 Å². The van der Waals surface area contributed by atoms with E-state index in [1.807, 2.05) is 25.1 Å². The predicted molar refractivity (Wildman–Crippen MR) is 128 cm³/mol. The van der Waals surface area contributed by atoms with E-state index in [9.17, 15) is 0 Å². The molecule has 0 atom stereocenters. The summed E-state index contributed by atoms with van der Waals surface area (Å²) in [6.45, 7) is 4.24. The van der Waals surface area contributed by atoms with E-state index in [1.165, 1.54) is 24.8 Å². The molecule has 1 aliphatic rings. The number of aromatic nitrogens is 4. The van der Waals surface area contributed by atoms with Crippen LogP contribution in [0.15, 0.2) is 48.5 Å². The fourth-order valence-electron chi connectivity index (χ4n) is 4.06. The van der Waals surface area contributed by atoms with Crippen LogP contribution in [0.25, 0.3) is 10.2 Å². The molecular formula is C25H29N5OS. The first-order chi connectivity index (χ1) is 15.7. The Labute approximate surface area is 192 Å². The molecule has 4 aromatic rings. The maximum atomic E-state index is 5.97. The molecule has 0 saturated heterocycles. The fourth-order valence-corrected chi connectivity index (χ4v) is 4.90. The molecule has 1 fully saturated rings. The van der Waals surface area contributed by atoms with Gasteiger partial charge in [-0.25, -0.2) is 9.97 Å². The Morgan fingerprint density at radius 1 is 1.00 bits per heavy atom. The van der Waals surface area contributed by atoms with Crippen LogP contribution in [0.2, 0.25) is 0 Å². The lowest BCUT2D eigenvalue weighted by molar-refractivity contribution is 0.256. The van der Waals surface area contributed by atoms with Crippen molar-refractivity contribution in [2.24, 2.45) is 0 Å². The van der Waals surface area contributed by atoms with Crippen LogP contribution in [0.1, 0.15) is 42.9 Å². The number of rotatable bonds is 11. The number of hydrogen-bond acceptors (Lipinski definition) is 6. The lowest BCUT2D eigenvalue weighted by Gasteiger charge is -2.21. The van der Waals surface area contributed by atoms with Gasteiger partial charge in [-0.3, -0.25) is 5.10 Å². The van der Waals surface area contributed by atoms with E-state index in [1.54, 1.807) is 11.3 Å². The minimum atomic E-state index is 0.694. The molecule has 0 aliphatic heterocycles. The molecule has 0 bridgehead atoms. The highest BCUT2D eigenvalue weighted by Crippen LogP contribution is 2.31. The zero-order chi connectivity index (χ0) is 21.8. The summed E-state index contributed by atoms with van der Waals surface area (Å²) < 4.78 is 7.12. The van der Waals surface area contributed by atoms with Gasteiger partial charge in [-0.15, -0.1) is 0 Å². The van der Waals surface area contributed by atoms with Gasteiger partial charge in [0.25, 0.3) is 5.19 Å². The molecular weight excluding hydrogens is 418 g/mol. The standard InChI is InChI=1S/C25H29N5OS/c1-18-26-24(29-28-18)9-5-17-30(20-12-13-20)16-4-6-19-10-14-21(15-11-19)31-25-27-22-7-2-3-8-23(22)32-25/h2-3,7-8,10-11,14-15,20H,4-6,9,12-13,16-17H2,1H3,(H,26,28,29). The number of H-pyrrole nitrogens is 1. The summed E-state index contributed by atoms with van der Waals surface area (Å²) in [4.78, 5) is 11.6. The normalized spacial score (nSPS) is 13.8. The molecule has 32 heavy (non-hydrogen) atoms. The topological polar surface area (TPSA) is 66.9 Å². The van der Waals surface area contributed by atoms with E-state index in [4.69, 9.17) is 4.74 Å². The number of nitrogens with one attached hydrogen (secondary N) is 1. The fraction of sp³-hybridized carbons (Fsp3) is 0.400. The van der Waals surface area contributed by atoms with Gasteiger partial charge in [0.15, 0.2) is 5.82 Å². The van der Waals surface area contributed by atoms with Gasteiger partial charge in [-0.2, -0.15) is 5.10 Å². The predicted octanol–water partition coefficient (Wildman–Crippen LogP) is 5.54. The van der Waals surface area contributed by atoms with Crippen molar-refractivity contribution < 1.29 is 4.74 Å². The number of hydrogen-bond donors (Lipinski definition) is 1. The average Bonchev–Trinajstić information content (AvgIpc) is 3.44. The summed E-state index contributed by atoms with van der Waals surface area (Å²) in [7, 11) is 0. The zero-order valence-corrected chi connectivity index (χ0v) is 19.3. The molecule has 0 radical (unpaired) electrons. The first-order valence-corrected chi connectivity index (χ1v) is 12.3. The lowest BCUT2D eigenvalue weighted by atomic mass is 10.1. The maximum Gasteiger partial charge on any atom is 0.279 e. The molecule has 7 heteroatoms. The summed E-state index contributed by atoms with van der Waals surface area (Å²) in [6, 6.07) is 17.4. The number of benzene rings is 2. The van der Waals surface area contributed by atoms with Crippen molar-refractivity contribution >= 4 is 21.6 Å². The molecule has 1 N–H and O–H groups in total. The van der Waals surface area contributed by atoms with Crippen molar-refractivity contribution in [2.75, 3.05) is 13.1 Å². The molecule has 5 rings (SSSR count). The van der Waals surface area contributed by atoms with Crippen molar-refractivity contribution in [3.63, 3.8) is 0 Å². The Kier molecular flexibility index (Phi) is 6.46. The highest BCUT2D eigenvalue weighted by atomic mass is 32.1. The van der Waals surface area contributed by atoms with Crippen LogP contribution in [0, 0.1) is 6.92 Å². The molecule has 1 saturated carbocycles. The summed E-state index contributed by atoms with van der Waals surface area (Å²) in [6.07, 6.45) is 7.02. The highest BCUT2D eigenvalue weighted by molar-refractivity contribution is 7.20. The van der Waals surface area contributed by atoms with Gasteiger partial charge < -0.3 is 9.64 Å². The smallest absolute Gasteiger partial charge is 0.279 e. The van der Waals surface area contributed by atoms with Crippen LogP contribution in [-0.4, -0.2) is 44.2 Å². The van der Waals surface area contributed by atoms with Crippen molar-refractivity contribution in [3.8, 4) is 10.9 Å². The molecule has 166 valence electrons. The van der Waals surface area contributed by atoms with Gasteiger partial charge in [0.1, 0.15) is 11.6 Å². The van der Waals surface area contributed by atoms with Crippen LogP contribution in [0.5, 0.6) is 10.9 Å². The molecule has 0 unspecified atom stereocenters. The van der Waals surface area contributed by atoms with Crippen molar-refractivity contribution in [3.05, 3.63) is 65.7 Å². The van der Waals surface area contributed by atoms with Crippen LogP contribution in [0.4, 0.5) is 0 Å². The van der Waals surface area contributed by atoms with Gasteiger partial charge in [0.2, 0.25) is 0 Å². The van der Waals surface area contributed by atoms with E-state index in [-0.39, 0.29) is 0 Å². The van der Waals surface area contributed by atoms with Crippen LogP contribution < -0.4 is 4.74 Å². The van der Waals surface area contributed by atoms with Gasteiger partial charge in [0, 0.05) is 12.5 Å². The number of thiazole rings is 1. The summed E-state index contributed by atoms with van der Waals surface area (Å²) >= 11 is 1.58. The number of para-hydroxylation sites is 1. The Bertz CT molecular complexity index is 1120. The Hall–Kier alpha value is -2.77. The molecule has 6 nitrogen and oxygen atoms in total. The summed E-state index contributed by atoms with van der Waals surface area (Å²) in [5.41, 5.74) is 2.34. The Morgan fingerprint density at radius 3 is 2.50 bits per heavy atom. The van der Waals surface area contributed by atoms with Gasteiger partial charge in [-0.1, -0.05) is 35.6 Å². The lowest BCUT2D eigenvalue weighted by Crippen LogP contribution is -2.29. The Balaban J connectivity index is 1.08. The van der Waals surface area contributed by atoms with Gasteiger partial charge >= 0.3 is 0 Å².